The maximum absolute atomic E-state index is 4.53. The molecule has 0 bridgehead atoms. The summed E-state index contributed by atoms with van der Waals surface area (Å²) < 4.78 is 0. The second-order valence-electron chi connectivity index (χ2n) is 14.8. The van der Waals surface area contributed by atoms with E-state index in [1.807, 2.05) is 0 Å². The fraction of sp³-hybridized carbons (Fsp3) is 0.935. The molecule has 0 spiro atoms. The van der Waals surface area contributed by atoms with Crippen LogP contribution in [-0.4, -0.2) is 0 Å². The molecule has 0 radical (unpaired) electrons. The second-order valence-corrected chi connectivity index (χ2v) is 14.8. The minimum absolute atomic E-state index is 0.548. The predicted octanol–water partition coefficient (Wildman–Crippen LogP) is 9.44. The van der Waals surface area contributed by atoms with Crippen molar-refractivity contribution in [1.82, 2.24) is 0 Å². The highest BCUT2D eigenvalue weighted by Gasteiger charge is 2.70. The van der Waals surface area contributed by atoms with E-state index < -0.39 is 0 Å². The van der Waals surface area contributed by atoms with Gasteiger partial charge in [0, 0.05) is 0 Å². The Morgan fingerprint density at radius 2 is 1.55 bits per heavy atom. The molecule has 0 aliphatic heterocycles. The van der Waals surface area contributed by atoms with Crippen LogP contribution in [0.2, 0.25) is 0 Å². The van der Waals surface area contributed by atoms with E-state index in [0.29, 0.717) is 27.1 Å². The molecule has 0 N–H and O–H groups in total. The maximum Gasteiger partial charge on any atom is -0.0172 e. The SMILES string of the molecule is C=C(C)[C@@H]1CC[C@]2(C)CC[C@]3(CC)[C@H](CC[C@@H]4[C@@]5(C)CCCC(C)(C)[C@@H]5CC[C@]43C)[C@@H]12. The van der Waals surface area contributed by atoms with Crippen molar-refractivity contribution < 1.29 is 0 Å². The highest BCUT2D eigenvalue weighted by molar-refractivity contribution is 5.21. The summed E-state index contributed by atoms with van der Waals surface area (Å²) in [4.78, 5) is 0. The molecule has 5 fully saturated rings. The highest BCUT2D eigenvalue weighted by atomic mass is 14.7. The Bertz CT molecular complexity index is 745. The Balaban J connectivity index is 1.58. The molecular formula is C31H52. The van der Waals surface area contributed by atoms with Crippen molar-refractivity contribution in [2.45, 2.75) is 126 Å². The second kappa shape index (κ2) is 6.88. The van der Waals surface area contributed by atoms with Gasteiger partial charge in [0.25, 0.3) is 0 Å². The van der Waals surface area contributed by atoms with Crippen LogP contribution in [0.15, 0.2) is 12.2 Å². The molecule has 0 amide bonds. The molecule has 0 nitrogen and oxygen atoms in total. The predicted molar refractivity (Wildman–Crippen MR) is 134 cm³/mol. The molecule has 5 aliphatic rings. The molecule has 0 heterocycles. The van der Waals surface area contributed by atoms with Crippen LogP contribution in [0.3, 0.4) is 0 Å². The van der Waals surface area contributed by atoms with Crippen LogP contribution >= 0.6 is 0 Å². The van der Waals surface area contributed by atoms with E-state index >= 15 is 0 Å². The lowest BCUT2D eigenvalue weighted by Crippen LogP contribution is -2.66. The Morgan fingerprint density at radius 1 is 0.806 bits per heavy atom. The number of hydrogen-bond donors (Lipinski definition) is 0. The average molecular weight is 425 g/mol. The van der Waals surface area contributed by atoms with E-state index in [1.165, 1.54) is 82.6 Å². The number of fused-ring (bicyclic) bond motifs is 7. The van der Waals surface area contributed by atoms with E-state index in [2.05, 4.69) is 55.0 Å². The Kier molecular flexibility index (Phi) is 5.00. The van der Waals surface area contributed by atoms with Crippen molar-refractivity contribution >= 4 is 0 Å². The normalized spacial score (nSPS) is 55.5. The minimum atomic E-state index is 0.548. The van der Waals surface area contributed by atoms with Gasteiger partial charge in [-0.25, -0.2) is 0 Å². The maximum atomic E-state index is 4.53. The summed E-state index contributed by atoms with van der Waals surface area (Å²) in [6, 6.07) is 0. The molecule has 31 heavy (non-hydrogen) atoms. The van der Waals surface area contributed by atoms with Crippen molar-refractivity contribution in [3.05, 3.63) is 12.2 Å². The number of allylic oxidation sites excluding steroid dienone is 1. The Hall–Kier alpha value is -0.260. The molecule has 5 saturated carbocycles. The van der Waals surface area contributed by atoms with Gasteiger partial charge in [-0.3, -0.25) is 0 Å². The summed E-state index contributed by atoms with van der Waals surface area (Å²) in [7, 11) is 0. The van der Waals surface area contributed by atoms with Crippen LogP contribution in [0, 0.1) is 56.7 Å². The van der Waals surface area contributed by atoms with Crippen LogP contribution in [0.1, 0.15) is 126 Å². The molecular weight excluding hydrogens is 372 g/mol. The van der Waals surface area contributed by atoms with Gasteiger partial charge in [-0.1, -0.05) is 60.1 Å². The number of hydrogen-bond acceptors (Lipinski definition) is 0. The van der Waals surface area contributed by atoms with Crippen LogP contribution in [0.4, 0.5) is 0 Å². The number of rotatable bonds is 2. The fourth-order valence-electron chi connectivity index (χ4n) is 12.2. The first-order chi connectivity index (χ1) is 14.5. The molecule has 0 saturated heterocycles. The monoisotopic (exact) mass is 424 g/mol. The third kappa shape index (κ3) is 2.72. The van der Waals surface area contributed by atoms with Crippen molar-refractivity contribution in [2.24, 2.45) is 56.7 Å². The smallest absolute Gasteiger partial charge is 0.0172 e. The van der Waals surface area contributed by atoms with E-state index in [0.717, 1.165) is 29.6 Å². The summed E-state index contributed by atoms with van der Waals surface area (Å²) in [6.45, 7) is 23.0. The third-order valence-corrected chi connectivity index (χ3v) is 13.5. The van der Waals surface area contributed by atoms with E-state index in [9.17, 15) is 0 Å². The van der Waals surface area contributed by atoms with Gasteiger partial charge in [0.1, 0.15) is 0 Å². The van der Waals surface area contributed by atoms with Gasteiger partial charge >= 0.3 is 0 Å². The average Bonchev–Trinajstić information content (AvgIpc) is 3.04. The molecule has 0 aromatic heterocycles. The van der Waals surface area contributed by atoms with Gasteiger partial charge in [-0.2, -0.15) is 0 Å². The van der Waals surface area contributed by atoms with Crippen molar-refractivity contribution in [2.75, 3.05) is 0 Å². The minimum Gasteiger partial charge on any atom is -0.0998 e. The van der Waals surface area contributed by atoms with Gasteiger partial charge in [-0.15, -0.1) is 0 Å². The fourth-order valence-corrected chi connectivity index (χ4v) is 12.2. The van der Waals surface area contributed by atoms with E-state index in [4.69, 9.17) is 0 Å². The zero-order valence-corrected chi connectivity index (χ0v) is 22.1. The molecule has 0 aromatic rings. The van der Waals surface area contributed by atoms with E-state index in [1.54, 1.807) is 0 Å². The summed E-state index contributed by atoms with van der Waals surface area (Å²) in [5.41, 5.74) is 4.33. The quantitative estimate of drug-likeness (QED) is 0.387. The van der Waals surface area contributed by atoms with Crippen molar-refractivity contribution in [1.29, 1.82) is 0 Å². The summed E-state index contributed by atoms with van der Waals surface area (Å²) in [5, 5.41) is 0. The zero-order valence-electron chi connectivity index (χ0n) is 22.1. The largest absolute Gasteiger partial charge is 0.0998 e. The van der Waals surface area contributed by atoms with Gasteiger partial charge in [0.15, 0.2) is 0 Å². The van der Waals surface area contributed by atoms with Crippen LogP contribution in [0.5, 0.6) is 0 Å². The highest BCUT2D eigenvalue weighted by Crippen LogP contribution is 2.78. The molecule has 5 rings (SSSR count). The molecule has 0 aromatic carbocycles. The first-order valence-corrected chi connectivity index (χ1v) is 14.1. The zero-order chi connectivity index (χ0) is 22.4. The summed E-state index contributed by atoms with van der Waals surface area (Å²) >= 11 is 0. The van der Waals surface area contributed by atoms with Crippen LogP contribution < -0.4 is 0 Å². The lowest BCUT2D eigenvalue weighted by molar-refractivity contribution is -0.242. The van der Waals surface area contributed by atoms with Crippen molar-refractivity contribution in [3.63, 3.8) is 0 Å². The topological polar surface area (TPSA) is 0 Å². The van der Waals surface area contributed by atoms with Gasteiger partial charge < -0.3 is 0 Å². The molecule has 0 heteroatoms. The Labute approximate surface area is 194 Å². The van der Waals surface area contributed by atoms with Gasteiger partial charge in [0.05, 0.1) is 0 Å². The lowest BCUT2D eigenvalue weighted by atomic mass is 9.31. The van der Waals surface area contributed by atoms with Gasteiger partial charge in [-0.05, 0) is 134 Å². The molecule has 5 aliphatic carbocycles. The Morgan fingerprint density at radius 3 is 2.23 bits per heavy atom. The van der Waals surface area contributed by atoms with E-state index in [-0.39, 0.29) is 0 Å². The van der Waals surface area contributed by atoms with Crippen LogP contribution in [0.25, 0.3) is 0 Å². The lowest BCUT2D eigenvalue weighted by Gasteiger charge is -2.73. The molecule has 176 valence electrons. The first kappa shape index (κ1) is 22.5. The standard InChI is InChI=1S/C31H52/c1-9-31-20-19-28(6)17-13-22(21(2)3)26(28)23(31)11-12-25-29(7)16-10-15-27(4,5)24(29)14-18-30(25,31)8/h22-26H,2,9-20H2,1,3-8H3/t22-,23+,24-,25+,26+,28+,29-,30+,31+/m0/s1. The first-order valence-electron chi connectivity index (χ1n) is 14.1. The third-order valence-electron chi connectivity index (χ3n) is 13.5. The summed E-state index contributed by atoms with van der Waals surface area (Å²) in [5.74, 6) is 4.54. The summed E-state index contributed by atoms with van der Waals surface area (Å²) in [6.07, 6.45) is 17.8. The van der Waals surface area contributed by atoms with Crippen LogP contribution in [-0.2, 0) is 0 Å². The molecule has 0 unspecified atom stereocenters. The molecule has 9 atom stereocenters. The van der Waals surface area contributed by atoms with Gasteiger partial charge in [0.2, 0.25) is 0 Å². The van der Waals surface area contributed by atoms with Crippen molar-refractivity contribution in [3.8, 4) is 0 Å².